The molecule has 1 atom stereocenters. The second kappa shape index (κ2) is 5.75. The highest BCUT2D eigenvalue weighted by atomic mass is 16.5. The molecule has 1 aromatic heterocycles. The molecule has 0 radical (unpaired) electrons. The number of rotatable bonds is 5. The van der Waals surface area contributed by atoms with E-state index in [0.717, 1.165) is 11.3 Å². The van der Waals surface area contributed by atoms with Crippen molar-refractivity contribution in [3.05, 3.63) is 29.6 Å². The summed E-state index contributed by atoms with van der Waals surface area (Å²) in [5.41, 5.74) is 0.447. The van der Waals surface area contributed by atoms with Crippen LogP contribution in [0.3, 0.4) is 0 Å². The fourth-order valence-electron chi connectivity index (χ4n) is 1.42. The molecule has 0 saturated carbocycles. The molecular formula is C12H18N2O3. The third-order valence-electron chi connectivity index (χ3n) is 2.50. The third-order valence-corrected chi connectivity index (χ3v) is 2.50. The minimum absolute atomic E-state index is 0.121. The molecule has 0 aliphatic heterocycles. The zero-order valence-electron chi connectivity index (χ0n) is 10.4. The first-order valence-corrected chi connectivity index (χ1v) is 5.39. The van der Waals surface area contributed by atoms with E-state index in [-0.39, 0.29) is 6.54 Å². The van der Waals surface area contributed by atoms with E-state index in [4.69, 9.17) is 0 Å². The number of aliphatic hydroxyl groups is 1. The molecule has 1 heterocycles. The second-order valence-electron chi connectivity index (χ2n) is 4.14. The number of esters is 1. The van der Waals surface area contributed by atoms with Gasteiger partial charge in [-0.15, -0.1) is 0 Å². The Bertz CT molecular complexity index is 391. The van der Waals surface area contributed by atoms with E-state index in [9.17, 15) is 9.90 Å². The van der Waals surface area contributed by atoms with Gasteiger partial charge in [0.25, 0.3) is 0 Å². The summed E-state index contributed by atoms with van der Waals surface area (Å²) in [5, 5.41) is 12.8. The fraction of sp³-hybridized carbons (Fsp3) is 0.500. The topological polar surface area (TPSA) is 71.5 Å². The van der Waals surface area contributed by atoms with E-state index < -0.39 is 11.6 Å². The van der Waals surface area contributed by atoms with E-state index in [1.165, 1.54) is 14.0 Å². The van der Waals surface area contributed by atoms with Crippen molar-refractivity contribution < 1.29 is 14.6 Å². The van der Waals surface area contributed by atoms with Crippen LogP contribution in [0.4, 0.5) is 0 Å². The highest BCUT2D eigenvalue weighted by molar-refractivity contribution is 5.78. The average molecular weight is 238 g/mol. The number of ether oxygens (including phenoxy) is 1. The van der Waals surface area contributed by atoms with Gasteiger partial charge in [0.2, 0.25) is 0 Å². The Labute approximate surface area is 101 Å². The number of aromatic nitrogens is 1. The van der Waals surface area contributed by atoms with Gasteiger partial charge in [-0.05, 0) is 25.5 Å². The van der Waals surface area contributed by atoms with Gasteiger partial charge in [0, 0.05) is 19.3 Å². The van der Waals surface area contributed by atoms with Gasteiger partial charge in [-0.2, -0.15) is 0 Å². The summed E-state index contributed by atoms with van der Waals surface area (Å²) in [6.45, 7) is 4.00. The summed E-state index contributed by atoms with van der Waals surface area (Å²) < 4.78 is 4.50. The van der Waals surface area contributed by atoms with E-state index >= 15 is 0 Å². The number of nitrogens with one attached hydrogen (secondary N) is 1. The quantitative estimate of drug-likeness (QED) is 0.727. The molecule has 1 unspecified atom stereocenters. The molecule has 0 bridgehead atoms. The van der Waals surface area contributed by atoms with Crippen LogP contribution in [0.2, 0.25) is 0 Å². The number of hydrogen-bond acceptors (Lipinski definition) is 5. The van der Waals surface area contributed by atoms with Crippen LogP contribution in [0.5, 0.6) is 0 Å². The van der Waals surface area contributed by atoms with Gasteiger partial charge in [0.1, 0.15) is 0 Å². The molecule has 0 amide bonds. The molecule has 94 valence electrons. The summed E-state index contributed by atoms with van der Waals surface area (Å²) in [6.07, 6.45) is 1.71. The number of carbonyl (C=O) groups is 1. The predicted octanol–water partition coefficient (Wildman–Crippen LogP) is 0.404. The van der Waals surface area contributed by atoms with Crippen LogP contribution in [0.1, 0.15) is 18.2 Å². The van der Waals surface area contributed by atoms with E-state index in [1.54, 1.807) is 6.20 Å². The van der Waals surface area contributed by atoms with Crippen molar-refractivity contribution in [3.8, 4) is 0 Å². The lowest BCUT2D eigenvalue weighted by molar-refractivity contribution is -0.159. The molecule has 0 saturated heterocycles. The summed E-state index contributed by atoms with van der Waals surface area (Å²) >= 11 is 0. The van der Waals surface area contributed by atoms with Crippen molar-refractivity contribution in [3.63, 3.8) is 0 Å². The van der Waals surface area contributed by atoms with Gasteiger partial charge in [-0.25, -0.2) is 4.79 Å². The first-order chi connectivity index (χ1) is 7.97. The maximum atomic E-state index is 11.2. The third kappa shape index (κ3) is 3.80. The molecular weight excluding hydrogens is 220 g/mol. The molecule has 1 rings (SSSR count). The van der Waals surface area contributed by atoms with Crippen LogP contribution in [-0.2, 0) is 16.1 Å². The van der Waals surface area contributed by atoms with E-state index in [1.807, 2.05) is 19.1 Å². The Morgan fingerprint density at radius 1 is 1.65 bits per heavy atom. The first-order valence-electron chi connectivity index (χ1n) is 5.39. The van der Waals surface area contributed by atoms with Crippen LogP contribution in [0.25, 0.3) is 0 Å². The van der Waals surface area contributed by atoms with Crippen molar-refractivity contribution in [2.75, 3.05) is 13.7 Å². The average Bonchev–Trinajstić information content (AvgIpc) is 2.30. The highest BCUT2D eigenvalue weighted by Crippen LogP contribution is 2.06. The van der Waals surface area contributed by atoms with Crippen LogP contribution < -0.4 is 5.32 Å². The van der Waals surface area contributed by atoms with Crippen molar-refractivity contribution in [2.24, 2.45) is 0 Å². The molecule has 0 fully saturated rings. The van der Waals surface area contributed by atoms with Crippen LogP contribution >= 0.6 is 0 Å². The molecule has 0 aliphatic carbocycles. The molecule has 0 aromatic carbocycles. The lowest BCUT2D eigenvalue weighted by Crippen LogP contribution is -2.45. The monoisotopic (exact) mass is 238 g/mol. The van der Waals surface area contributed by atoms with Crippen LogP contribution in [0, 0.1) is 6.92 Å². The van der Waals surface area contributed by atoms with E-state index in [2.05, 4.69) is 15.0 Å². The van der Waals surface area contributed by atoms with Gasteiger partial charge in [0.15, 0.2) is 5.60 Å². The molecule has 2 N–H and O–H groups in total. The minimum Gasteiger partial charge on any atom is -0.467 e. The summed E-state index contributed by atoms with van der Waals surface area (Å²) in [6, 6.07) is 3.83. The predicted molar refractivity (Wildman–Crippen MR) is 63.3 cm³/mol. The summed E-state index contributed by atoms with van der Waals surface area (Å²) in [4.78, 5) is 15.4. The van der Waals surface area contributed by atoms with E-state index in [0.29, 0.717) is 6.54 Å². The molecule has 1 aromatic rings. The molecule has 0 aliphatic rings. The number of pyridine rings is 1. The Balaban J connectivity index is 2.48. The van der Waals surface area contributed by atoms with Crippen molar-refractivity contribution in [2.45, 2.75) is 26.0 Å². The maximum Gasteiger partial charge on any atom is 0.338 e. The van der Waals surface area contributed by atoms with Crippen molar-refractivity contribution in [1.29, 1.82) is 0 Å². The van der Waals surface area contributed by atoms with Gasteiger partial charge >= 0.3 is 5.97 Å². The number of carbonyl (C=O) groups excluding carboxylic acids is 1. The number of aryl methyl sites for hydroxylation is 1. The zero-order chi connectivity index (χ0) is 12.9. The van der Waals surface area contributed by atoms with Gasteiger partial charge < -0.3 is 15.2 Å². The molecule has 17 heavy (non-hydrogen) atoms. The van der Waals surface area contributed by atoms with Crippen molar-refractivity contribution >= 4 is 5.97 Å². The highest BCUT2D eigenvalue weighted by Gasteiger charge is 2.30. The van der Waals surface area contributed by atoms with Gasteiger partial charge in [-0.1, -0.05) is 6.07 Å². The molecule has 5 nitrogen and oxygen atoms in total. The second-order valence-corrected chi connectivity index (χ2v) is 4.14. The number of nitrogens with zero attached hydrogens (tertiary/aromatic N) is 1. The fourth-order valence-corrected chi connectivity index (χ4v) is 1.42. The lowest BCUT2D eigenvalue weighted by Gasteiger charge is -2.20. The standard InChI is InChI=1S/C12H18N2O3/c1-9-5-4-6-14-10(9)7-13-8-12(2,16)11(15)17-3/h4-6,13,16H,7-8H2,1-3H3. The normalized spacial score (nSPS) is 14.1. The van der Waals surface area contributed by atoms with Gasteiger partial charge in [-0.3, -0.25) is 4.98 Å². The van der Waals surface area contributed by atoms with Gasteiger partial charge in [0.05, 0.1) is 12.8 Å². The lowest BCUT2D eigenvalue weighted by atomic mass is 10.1. The first kappa shape index (κ1) is 13.6. The number of methoxy groups -OCH3 is 1. The smallest absolute Gasteiger partial charge is 0.338 e. The minimum atomic E-state index is -1.52. The Morgan fingerprint density at radius 2 is 2.35 bits per heavy atom. The van der Waals surface area contributed by atoms with Crippen LogP contribution in [0.15, 0.2) is 18.3 Å². The number of hydrogen-bond donors (Lipinski definition) is 2. The molecule has 0 spiro atoms. The van der Waals surface area contributed by atoms with Crippen molar-refractivity contribution in [1.82, 2.24) is 10.3 Å². The largest absolute Gasteiger partial charge is 0.467 e. The zero-order valence-corrected chi connectivity index (χ0v) is 10.4. The summed E-state index contributed by atoms with van der Waals surface area (Å²) in [5.74, 6) is -0.650. The Kier molecular flexibility index (Phi) is 4.60. The Morgan fingerprint density at radius 3 is 2.94 bits per heavy atom. The van der Waals surface area contributed by atoms with Crippen LogP contribution in [-0.4, -0.2) is 35.3 Å². The molecule has 5 heteroatoms. The maximum absolute atomic E-state index is 11.2. The Hall–Kier alpha value is -1.46. The SMILES string of the molecule is COC(=O)C(C)(O)CNCc1ncccc1C. The summed E-state index contributed by atoms with van der Waals surface area (Å²) in [7, 11) is 1.25.